The number of aromatic amines is 1. The maximum Gasteiger partial charge on any atom is 0.246 e. The molecule has 7 heteroatoms. The fourth-order valence-corrected chi connectivity index (χ4v) is 1.37. The van der Waals surface area contributed by atoms with Gasteiger partial charge in [0.05, 0.1) is 0 Å². The Kier molecular flexibility index (Phi) is 2.21. The molecule has 0 radical (unpaired) electrons. The van der Waals surface area contributed by atoms with Crippen molar-refractivity contribution in [2.75, 3.05) is 30.3 Å². The van der Waals surface area contributed by atoms with Crippen molar-refractivity contribution in [3.8, 4) is 0 Å². The average Bonchev–Trinajstić information content (AvgIpc) is 2.46. The zero-order valence-electron chi connectivity index (χ0n) is 7.66. The number of carbonyl (C=O) groups is 1. The van der Waals surface area contributed by atoms with Crippen LogP contribution in [0.25, 0.3) is 0 Å². The third-order valence-corrected chi connectivity index (χ3v) is 2.09. The predicted octanol–water partition coefficient (Wildman–Crippen LogP) is -1.29. The Hall–Kier alpha value is -1.79. The molecule has 1 amide bonds. The molecule has 1 saturated heterocycles. The van der Waals surface area contributed by atoms with Crippen LogP contribution in [0.1, 0.15) is 6.42 Å². The molecule has 14 heavy (non-hydrogen) atoms. The molecule has 0 saturated carbocycles. The van der Waals surface area contributed by atoms with Gasteiger partial charge in [-0.2, -0.15) is 4.98 Å². The van der Waals surface area contributed by atoms with E-state index < -0.39 is 0 Å². The van der Waals surface area contributed by atoms with Crippen LogP contribution < -0.4 is 16.0 Å². The van der Waals surface area contributed by atoms with E-state index in [1.165, 1.54) is 0 Å². The highest BCUT2D eigenvalue weighted by Gasteiger charge is 2.16. The number of nitrogens with zero attached hydrogens (tertiary/aromatic N) is 3. The molecule has 1 aliphatic heterocycles. The Morgan fingerprint density at radius 2 is 2.29 bits per heavy atom. The monoisotopic (exact) mass is 196 g/mol. The van der Waals surface area contributed by atoms with Gasteiger partial charge >= 0.3 is 0 Å². The first kappa shape index (κ1) is 8.79. The number of rotatable bonds is 1. The number of anilines is 2. The van der Waals surface area contributed by atoms with Crippen molar-refractivity contribution in [2.45, 2.75) is 6.42 Å². The topological polar surface area (TPSA) is 99.9 Å². The molecule has 1 aliphatic rings. The summed E-state index contributed by atoms with van der Waals surface area (Å²) < 4.78 is 0. The summed E-state index contributed by atoms with van der Waals surface area (Å²) in [7, 11) is 0. The Balaban J connectivity index is 2.07. The van der Waals surface area contributed by atoms with Crippen molar-refractivity contribution in [3.05, 3.63) is 0 Å². The molecule has 1 aromatic heterocycles. The van der Waals surface area contributed by atoms with Crippen LogP contribution in [-0.4, -0.2) is 40.7 Å². The van der Waals surface area contributed by atoms with E-state index in [-0.39, 0.29) is 5.91 Å². The van der Waals surface area contributed by atoms with Crippen LogP contribution in [0.15, 0.2) is 0 Å². The maximum absolute atomic E-state index is 11.1. The Morgan fingerprint density at radius 3 is 3.00 bits per heavy atom. The second-order valence-electron chi connectivity index (χ2n) is 3.11. The van der Waals surface area contributed by atoms with Crippen LogP contribution in [0.4, 0.5) is 11.9 Å². The van der Waals surface area contributed by atoms with Gasteiger partial charge in [-0.25, -0.2) is 5.10 Å². The van der Waals surface area contributed by atoms with E-state index in [9.17, 15) is 4.79 Å². The molecule has 4 N–H and O–H groups in total. The minimum atomic E-state index is 0.0657. The highest BCUT2D eigenvalue weighted by molar-refractivity contribution is 5.76. The van der Waals surface area contributed by atoms with E-state index in [0.717, 1.165) is 0 Å². The number of nitrogen functional groups attached to an aromatic ring is 1. The molecule has 7 nitrogen and oxygen atoms in total. The van der Waals surface area contributed by atoms with E-state index in [0.29, 0.717) is 38.0 Å². The molecule has 1 fully saturated rings. The van der Waals surface area contributed by atoms with Crippen molar-refractivity contribution < 1.29 is 4.79 Å². The third kappa shape index (κ3) is 1.76. The number of hydrogen-bond donors (Lipinski definition) is 3. The molecule has 0 spiro atoms. The molecule has 0 unspecified atom stereocenters. The summed E-state index contributed by atoms with van der Waals surface area (Å²) in [5, 5.41) is 9.27. The Labute approximate surface area is 80.7 Å². The number of nitrogens with two attached hydrogens (primary N) is 1. The third-order valence-electron chi connectivity index (χ3n) is 2.09. The zero-order valence-corrected chi connectivity index (χ0v) is 7.66. The second-order valence-corrected chi connectivity index (χ2v) is 3.11. The highest BCUT2D eigenvalue weighted by Crippen LogP contribution is 2.08. The van der Waals surface area contributed by atoms with Crippen molar-refractivity contribution >= 4 is 17.8 Å². The number of carbonyl (C=O) groups excluding carboxylic acids is 1. The molecule has 2 heterocycles. The summed E-state index contributed by atoms with van der Waals surface area (Å²) in [5.74, 6) is 0.915. The molecular weight excluding hydrogens is 184 g/mol. The van der Waals surface area contributed by atoms with Gasteiger partial charge in [0.25, 0.3) is 0 Å². The molecule has 76 valence electrons. The Morgan fingerprint density at radius 1 is 1.43 bits per heavy atom. The summed E-state index contributed by atoms with van der Waals surface area (Å²) in [4.78, 5) is 17.0. The number of hydrogen-bond acceptors (Lipinski definition) is 5. The van der Waals surface area contributed by atoms with Gasteiger partial charge in [0.15, 0.2) is 0 Å². The largest absolute Gasteiger partial charge is 0.368 e. The maximum atomic E-state index is 11.1. The van der Waals surface area contributed by atoms with E-state index in [4.69, 9.17) is 5.73 Å². The normalized spacial score (nSPS) is 17.7. The summed E-state index contributed by atoms with van der Waals surface area (Å²) in [6.07, 6.45) is 0.467. The van der Waals surface area contributed by atoms with Gasteiger partial charge in [-0.15, -0.1) is 5.10 Å². The lowest BCUT2D eigenvalue weighted by molar-refractivity contribution is -0.120. The minimum Gasteiger partial charge on any atom is -0.368 e. The molecular formula is C7H12N6O. The standard InChI is InChI=1S/C7H12N6O/c8-6-10-7(12-11-6)13-3-1-5(14)9-2-4-13/h1-4H2,(H,9,14)(H3,8,10,11,12). The van der Waals surface area contributed by atoms with Gasteiger partial charge in [-0.3, -0.25) is 4.79 Å². The molecule has 2 rings (SSSR count). The number of H-pyrrole nitrogens is 1. The zero-order chi connectivity index (χ0) is 9.97. The van der Waals surface area contributed by atoms with Crippen molar-refractivity contribution in [2.24, 2.45) is 0 Å². The van der Waals surface area contributed by atoms with Crippen molar-refractivity contribution in [1.29, 1.82) is 0 Å². The van der Waals surface area contributed by atoms with Gasteiger partial charge in [0.2, 0.25) is 17.8 Å². The lowest BCUT2D eigenvalue weighted by atomic mass is 10.4. The summed E-state index contributed by atoms with van der Waals surface area (Å²) in [6, 6.07) is 0. The predicted molar refractivity (Wildman–Crippen MR) is 50.6 cm³/mol. The molecule has 0 aliphatic carbocycles. The van der Waals surface area contributed by atoms with E-state index in [1.54, 1.807) is 0 Å². The number of amides is 1. The second kappa shape index (κ2) is 3.52. The SMILES string of the molecule is Nc1nc(N2CCNC(=O)CC2)n[nH]1. The lowest BCUT2D eigenvalue weighted by Gasteiger charge is -2.16. The lowest BCUT2D eigenvalue weighted by Crippen LogP contribution is -2.29. The molecule has 0 bridgehead atoms. The first-order valence-electron chi connectivity index (χ1n) is 4.45. The van der Waals surface area contributed by atoms with Crippen LogP contribution >= 0.6 is 0 Å². The Bertz CT molecular complexity index is 335. The van der Waals surface area contributed by atoms with Gasteiger partial charge in [0.1, 0.15) is 0 Å². The van der Waals surface area contributed by atoms with Crippen LogP contribution in [0, 0.1) is 0 Å². The fraction of sp³-hybridized carbons (Fsp3) is 0.571. The van der Waals surface area contributed by atoms with Crippen LogP contribution in [0.5, 0.6) is 0 Å². The fourth-order valence-electron chi connectivity index (χ4n) is 1.37. The number of nitrogens with one attached hydrogen (secondary N) is 2. The van der Waals surface area contributed by atoms with Crippen molar-refractivity contribution in [1.82, 2.24) is 20.5 Å². The van der Waals surface area contributed by atoms with E-state index >= 15 is 0 Å². The first-order valence-corrected chi connectivity index (χ1v) is 4.45. The molecule has 0 atom stereocenters. The first-order chi connectivity index (χ1) is 6.75. The highest BCUT2D eigenvalue weighted by atomic mass is 16.1. The minimum absolute atomic E-state index is 0.0657. The van der Waals surface area contributed by atoms with Crippen LogP contribution in [0.3, 0.4) is 0 Å². The van der Waals surface area contributed by atoms with Gasteiger partial charge in [0, 0.05) is 26.1 Å². The summed E-state index contributed by atoms with van der Waals surface area (Å²) in [5.41, 5.74) is 5.41. The molecule has 0 aromatic carbocycles. The van der Waals surface area contributed by atoms with Crippen LogP contribution in [-0.2, 0) is 4.79 Å². The van der Waals surface area contributed by atoms with Gasteiger partial charge in [-0.1, -0.05) is 0 Å². The van der Waals surface area contributed by atoms with E-state index in [2.05, 4.69) is 20.5 Å². The molecule has 1 aromatic rings. The van der Waals surface area contributed by atoms with Crippen molar-refractivity contribution in [3.63, 3.8) is 0 Å². The number of aromatic nitrogens is 3. The van der Waals surface area contributed by atoms with Gasteiger partial charge in [-0.05, 0) is 0 Å². The average molecular weight is 196 g/mol. The van der Waals surface area contributed by atoms with E-state index in [1.807, 2.05) is 4.90 Å². The summed E-state index contributed by atoms with van der Waals surface area (Å²) in [6.45, 7) is 1.96. The van der Waals surface area contributed by atoms with Crippen LogP contribution in [0.2, 0.25) is 0 Å². The van der Waals surface area contributed by atoms with Gasteiger partial charge < -0.3 is 16.0 Å². The summed E-state index contributed by atoms with van der Waals surface area (Å²) >= 11 is 0. The quantitative estimate of drug-likeness (QED) is 0.519. The smallest absolute Gasteiger partial charge is 0.246 e.